The molecule has 2 amide bonds. The van der Waals surface area contributed by atoms with Crippen molar-refractivity contribution in [2.24, 2.45) is 22.2 Å². The molecule has 1 spiro atoms. The van der Waals surface area contributed by atoms with Crippen molar-refractivity contribution in [1.29, 1.82) is 0 Å². The number of guanidine groups is 1. The van der Waals surface area contributed by atoms with Crippen LogP contribution in [0, 0.1) is 0 Å². The number of hydrogen-bond acceptors (Lipinski definition) is 8. The van der Waals surface area contributed by atoms with Crippen LogP contribution in [-0.2, 0) is 21.4 Å². The van der Waals surface area contributed by atoms with E-state index in [9.17, 15) is 14.4 Å². The van der Waals surface area contributed by atoms with E-state index in [0.717, 1.165) is 36.9 Å². The molecule has 1 aromatic rings. The Labute approximate surface area is 229 Å². The number of Topliss-reactive ketones (excluding diaryl/α,β-unsaturated/α-hetero) is 1. The van der Waals surface area contributed by atoms with Gasteiger partial charge in [-0.1, -0.05) is 13.0 Å². The summed E-state index contributed by atoms with van der Waals surface area (Å²) < 4.78 is 12.1. The summed E-state index contributed by atoms with van der Waals surface area (Å²) in [6.45, 7) is 3.57. The number of carbonyl (C=O) groups is 3. The van der Waals surface area contributed by atoms with E-state index in [1.165, 1.54) is 4.90 Å². The van der Waals surface area contributed by atoms with E-state index in [-0.39, 0.29) is 30.7 Å². The number of nitrogens with two attached hydrogens (primary N) is 3. The number of hydrogen-bond donors (Lipinski definition) is 4. The molecule has 12 heteroatoms. The molecule has 0 radical (unpaired) electrons. The van der Waals surface area contributed by atoms with Crippen molar-refractivity contribution in [1.82, 2.24) is 15.1 Å². The first-order valence-electron chi connectivity index (χ1n) is 13.6. The van der Waals surface area contributed by atoms with E-state index in [1.807, 2.05) is 13.0 Å². The molecule has 0 aromatic heterocycles. The van der Waals surface area contributed by atoms with Crippen LogP contribution in [0.1, 0.15) is 50.2 Å². The van der Waals surface area contributed by atoms with Gasteiger partial charge in [-0.3, -0.25) is 14.6 Å². The van der Waals surface area contributed by atoms with Crippen molar-refractivity contribution >= 4 is 23.7 Å². The molecular formula is C27H41N7O5. The van der Waals surface area contributed by atoms with Crippen molar-refractivity contribution in [2.45, 2.75) is 69.1 Å². The van der Waals surface area contributed by atoms with Gasteiger partial charge in [0.05, 0.1) is 11.5 Å². The molecule has 7 N–H and O–H groups in total. The fraction of sp³-hybridized carbons (Fsp3) is 0.630. The maximum atomic E-state index is 13.2. The summed E-state index contributed by atoms with van der Waals surface area (Å²) in [5.41, 5.74) is 18.3. The average molecular weight is 544 g/mol. The first-order valence-corrected chi connectivity index (χ1v) is 13.6. The van der Waals surface area contributed by atoms with Crippen LogP contribution in [0.3, 0.4) is 0 Å². The monoisotopic (exact) mass is 543 g/mol. The lowest BCUT2D eigenvalue weighted by molar-refractivity contribution is -0.127. The minimum atomic E-state index is -0.696. The highest BCUT2D eigenvalue weighted by Crippen LogP contribution is 2.58. The van der Waals surface area contributed by atoms with E-state index in [2.05, 4.69) is 22.3 Å². The maximum Gasteiger partial charge on any atom is 0.415 e. The highest BCUT2D eigenvalue weighted by Gasteiger charge is 2.61. The molecule has 2 bridgehead atoms. The third kappa shape index (κ3) is 5.81. The molecule has 0 saturated carbocycles. The van der Waals surface area contributed by atoms with Gasteiger partial charge in [0.25, 0.3) is 0 Å². The Balaban J connectivity index is 1.37. The second-order valence-corrected chi connectivity index (χ2v) is 10.9. The molecule has 4 atom stereocenters. The molecule has 2 heterocycles. The molecule has 39 heavy (non-hydrogen) atoms. The average Bonchev–Trinajstić information content (AvgIpc) is 3.36. The van der Waals surface area contributed by atoms with Gasteiger partial charge in [-0.25, -0.2) is 4.79 Å². The zero-order valence-electron chi connectivity index (χ0n) is 23.1. The SMILES string of the molecule is CCCC(=O)C1Oc2c(OC(=O)N(C)CCNC(=O)[C@@H](N)CCCN=C(N)N)ccc3c2[C@]12C[C@@H](C3)N(C)C2. The van der Waals surface area contributed by atoms with Gasteiger partial charge in [-0.2, -0.15) is 0 Å². The Kier molecular flexibility index (Phi) is 8.65. The van der Waals surface area contributed by atoms with Gasteiger partial charge < -0.3 is 41.8 Å². The lowest BCUT2D eigenvalue weighted by Crippen LogP contribution is -2.46. The third-order valence-electron chi connectivity index (χ3n) is 8.00. The summed E-state index contributed by atoms with van der Waals surface area (Å²) in [4.78, 5) is 45.9. The Bertz CT molecular complexity index is 1130. The summed E-state index contributed by atoms with van der Waals surface area (Å²) in [6, 6.07) is 3.42. The number of rotatable bonds is 12. The van der Waals surface area contributed by atoms with Crippen LogP contribution in [0.2, 0.25) is 0 Å². The molecule has 1 aliphatic carbocycles. The Hall–Kier alpha value is -3.38. The minimum absolute atomic E-state index is 0.00251. The van der Waals surface area contributed by atoms with Crippen molar-refractivity contribution in [3.63, 3.8) is 0 Å². The summed E-state index contributed by atoms with van der Waals surface area (Å²) in [7, 11) is 3.69. The molecule has 1 saturated heterocycles. The molecular weight excluding hydrogens is 502 g/mol. The van der Waals surface area contributed by atoms with E-state index in [0.29, 0.717) is 43.3 Å². The lowest BCUT2D eigenvalue weighted by atomic mass is 9.68. The zero-order chi connectivity index (χ0) is 28.3. The highest BCUT2D eigenvalue weighted by atomic mass is 16.6. The van der Waals surface area contributed by atoms with Crippen LogP contribution < -0.4 is 32.0 Å². The number of likely N-dealkylation sites (tertiary alicyclic amines) is 1. The summed E-state index contributed by atoms with van der Waals surface area (Å²) in [6.07, 6.45) is 2.79. The number of aliphatic imine (C=N–C) groups is 1. The Morgan fingerprint density at radius 2 is 2.10 bits per heavy atom. The number of benzene rings is 1. The number of carbonyl (C=O) groups excluding carboxylic acids is 3. The summed E-state index contributed by atoms with van der Waals surface area (Å²) in [5, 5.41) is 2.74. The van der Waals surface area contributed by atoms with Gasteiger partial charge in [0.2, 0.25) is 5.91 Å². The predicted molar refractivity (Wildman–Crippen MR) is 147 cm³/mol. The van der Waals surface area contributed by atoms with Crippen LogP contribution in [0.5, 0.6) is 11.5 Å². The normalized spacial score (nSPS) is 23.4. The molecule has 3 aliphatic rings. The van der Waals surface area contributed by atoms with Crippen LogP contribution in [-0.4, -0.2) is 92.0 Å². The lowest BCUT2D eigenvalue weighted by Gasteiger charge is -2.32. The highest BCUT2D eigenvalue weighted by molar-refractivity contribution is 5.88. The number of amides is 2. The number of ether oxygens (including phenoxy) is 2. The molecule has 1 unspecified atom stereocenters. The Morgan fingerprint density at radius 3 is 2.82 bits per heavy atom. The zero-order valence-corrected chi connectivity index (χ0v) is 23.1. The van der Waals surface area contributed by atoms with Gasteiger partial charge >= 0.3 is 6.09 Å². The van der Waals surface area contributed by atoms with Crippen molar-refractivity contribution < 1.29 is 23.9 Å². The number of nitrogens with zero attached hydrogens (tertiary/aromatic N) is 3. The molecule has 12 nitrogen and oxygen atoms in total. The molecule has 1 fully saturated rings. The van der Waals surface area contributed by atoms with Crippen molar-refractivity contribution in [2.75, 3.05) is 40.3 Å². The fourth-order valence-corrected chi connectivity index (χ4v) is 6.09. The largest absolute Gasteiger partial charge is 0.477 e. The third-order valence-corrected chi connectivity index (χ3v) is 8.00. The first-order chi connectivity index (χ1) is 18.6. The standard InChI is InChI=1S/C27H41N7O5/c1-4-6-19(35)23-27-14-17(34(3)15-27)13-16-8-9-20(22(39-23)21(16)27)38-26(37)33(2)12-11-31-24(36)18(28)7-5-10-32-25(29)30/h8-9,17-18,23H,4-7,10-15,28H2,1-3H3,(H,31,36)(H4,29,30,32)/t17-,18+,23?,27-/m1/s1. The van der Waals surface area contributed by atoms with Crippen LogP contribution in [0.25, 0.3) is 0 Å². The van der Waals surface area contributed by atoms with Crippen LogP contribution in [0.4, 0.5) is 4.79 Å². The smallest absolute Gasteiger partial charge is 0.415 e. The quantitative estimate of drug-likeness (QED) is 0.163. The van der Waals surface area contributed by atoms with Crippen molar-refractivity contribution in [3.8, 4) is 11.5 Å². The fourth-order valence-electron chi connectivity index (χ4n) is 6.09. The molecule has 4 rings (SSSR count). The molecule has 2 aliphatic heterocycles. The first kappa shape index (κ1) is 28.6. The van der Waals surface area contributed by atoms with E-state index in [1.54, 1.807) is 13.1 Å². The topological polar surface area (TPSA) is 179 Å². The number of fused-ring (bicyclic) bond motifs is 1. The number of nitrogens with one attached hydrogen (secondary N) is 1. The summed E-state index contributed by atoms with van der Waals surface area (Å²) in [5.74, 6) is 0.609. The van der Waals surface area contributed by atoms with Gasteiger partial charge in [-0.05, 0) is 50.8 Å². The van der Waals surface area contributed by atoms with Gasteiger partial charge in [-0.15, -0.1) is 0 Å². The van der Waals surface area contributed by atoms with E-state index >= 15 is 0 Å². The predicted octanol–water partition coefficient (Wildman–Crippen LogP) is 0.243. The van der Waals surface area contributed by atoms with Crippen LogP contribution >= 0.6 is 0 Å². The van der Waals surface area contributed by atoms with Gasteiger partial charge in [0, 0.05) is 51.3 Å². The second-order valence-electron chi connectivity index (χ2n) is 10.9. The van der Waals surface area contributed by atoms with Crippen molar-refractivity contribution in [3.05, 3.63) is 23.3 Å². The van der Waals surface area contributed by atoms with Gasteiger partial charge in [0.1, 0.15) is 0 Å². The minimum Gasteiger partial charge on any atom is -0.477 e. The number of ketones is 1. The number of likely N-dealkylation sites (N-methyl/N-ethyl adjacent to an activating group) is 2. The van der Waals surface area contributed by atoms with E-state index < -0.39 is 23.7 Å². The molecule has 214 valence electrons. The molecule has 1 aromatic carbocycles. The van der Waals surface area contributed by atoms with Crippen LogP contribution in [0.15, 0.2) is 17.1 Å². The van der Waals surface area contributed by atoms with E-state index in [4.69, 9.17) is 26.7 Å². The Morgan fingerprint density at radius 1 is 1.33 bits per heavy atom. The maximum absolute atomic E-state index is 13.2. The second kappa shape index (κ2) is 11.8. The summed E-state index contributed by atoms with van der Waals surface area (Å²) >= 11 is 0. The van der Waals surface area contributed by atoms with Gasteiger partial charge in [0.15, 0.2) is 29.3 Å².